The van der Waals surface area contributed by atoms with Gasteiger partial charge in [0.15, 0.2) is 0 Å². The number of nitrogens with zero attached hydrogens (tertiary/aromatic N) is 1. The van der Waals surface area contributed by atoms with E-state index in [-0.39, 0.29) is 18.6 Å². The highest BCUT2D eigenvalue weighted by Gasteiger charge is 2.15. The van der Waals surface area contributed by atoms with Crippen molar-refractivity contribution in [1.82, 2.24) is 4.90 Å². The van der Waals surface area contributed by atoms with Gasteiger partial charge in [-0.15, -0.1) is 0 Å². The van der Waals surface area contributed by atoms with E-state index in [0.29, 0.717) is 16.9 Å². The lowest BCUT2D eigenvalue weighted by molar-refractivity contribution is 0.0828. The second-order valence-corrected chi connectivity index (χ2v) is 4.44. The molecule has 5 nitrogen and oxygen atoms in total. The fraction of sp³-hybridized carbons (Fsp3) is 0.462. The number of carbonyl (C=O) groups excluding carboxylic acids is 1. The third kappa shape index (κ3) is 3.37. The van der Waals surface area contributed by atoms with Crippen LogP contribution in [-0.4, -0.2) is 42.7 Å². The molecule has 1 rings (SSSR count). The van der Waals surface area contributed by atoms with Gasteiger partial charge in [-0.25, -0.2) is 0 Å². The van der Waals surface area contributed by atoms with Gasteiger partial charge in [0.1, 0.15) is 0 Å². The van der Waals surface area contributed by atoms with Gasteiger partial charge in [-0.3, -0.25) is 4.79 Å². The van der Waals surface area contributed by atoms with Gasteiger partial charge in [0.05, 0.1) is 12.2 Å². The van der Waals surface area contributed by atoms with E-state index in [0.717, 1.165) is 6.42 Å². The zero-order chi connectivity index (χ0) is 13.7. The minimum Gasteiger partial charge on any atom is -0.399 e. The molecule has 0 radical (unpaired) electrons. The molecule has 0 aliphatic carbocycles. The standard InChI is InChI=1S/C13H21N3O2/c1-4-10(8-17)15-12-7-9(14)5-6-11(12)13(18)16(2)3/h5-7,10,15,17H,4,8,14H2,1-3H3. The highest BCUT2D eigenvalue weighted by atomic mass is 16.3. The Bertz CT molecular complexity index is 415. The summed E-state index contributed by atoms with van der Waals surface area (Å²) >= 11 is 0. The molecule has 0 heterocycles. The number of nitrogen functional groups attached to an aromatic ring is 1. The zero-order valence-electron chi connectivity index (χ0n) is 11.1. The first kappa shape index (κ1) is 14.3. The SMILES string of the molecule is CCC(CO)Nc1cc(N)ccc1C(=O)N(C)C. The number of rotatable bonds is 5. The van der Waals surface area contributed by atoms with Crippen LogP contribution in [0.25, 0.3) is 0 Å². The summed E-state index contributed by atoms with van der Waals surface area (Å²) in [6.45, 7) is 1.98. The van der Waals surface area contributed by atoms with Gasteiger partial charge >= 0.3 is 0 Å². The van der Waals surface area contributed by atoms with Gasteiger partial charge in [-0.2, -0.15) is 0 Å². The summed E-state index contributed by atoms with van der Waals surface area (Å²) in [6, 6.07) is 5.03. The molecule has 1 unspecified atom stereocenters. The Morgan fingerprint density at radius 1 is 1.50 bits per heavy atom. The van der Waals surface area contributed by atoms with Crippen molar-refractivity contribution in [3.05, 3.63) is 23.8 Å². The number of benzene rings is 1. The first-order valence-corrected chi connectivity index (χ1v) is 5.98. The number of nitrogens with two attached hydrogens (primary N) is 1. The van der Waals surface area contributed by atoms with Crippen molar-refractivity contribution in [2.45, 2.75) is 19.4 Å². The Morgan fingerprint density at radius 2 is 2.17 bits per heavy atom. The molecule has 0 aliphatic heterocycles. The number of nitrogens with one attached hydrogen (secondary N) is 1. The van der Waals surface area contributed by atoms with E-state index < -0.39 is 0 Å². The van der Waals surface area contributed by atoms with E-state index >= 15 is 0 Å². The van der Waals surface area contributed by atoms with Crippen molar-refractivity contribution in [1.29, 1.82) is 0 Å². The third-order valence-corrected chi connectivity index (χ3v) is 2.75. The van der Waals surface area contributed by atoms with Gasteiger partial charge in [0.25, 0.3) is 5.91 Å². The first-order chi connectivity index (χ1) is 8.49. The van der Waals surface area contributed by atoms with Crippen LogP contribution in [0.1, 0.15) is 23.7 Å². The summed E-state index contributed by atoms with van der Waals surface area (Å²) in [5, 5.41) is 12.4. The fourth-order valence-electron chi connectivity index (χ4n) is 1.61. The molecule has 1 amide bonds. The largest absolute Gasteiger partial charge is 0.399 e. The average molecular weight is 251 g/mol. The molecule has 18 heavy (non-hydrogen) atoms. The van der Waals surface area contributed by atoms with Crippen LogP contribution in [0.2, 0.25) is 0 Å². The second-order valence-electron chi connectivity index (χ2n) is 4.44. The van der Waals surface area contributed by atoms with Crippen LogP contribution in [0.5, 0.6) is 0 Å². The van der Waals surface area contributed by atoms with Crippen LogP contribution in [0.15, 0.2) is 18.2 Å². The minimum absolute atomic E-state index is 0.0148. The minimum atomic E-state index is -0.0923. The van der Waals surface area contributed by atoms with E-state index in [1.54, 1.807) is 32.3 Å². The number of aliphatic hydroxyl groups is 1. The monoisotopic (exact) mass is 251 g/mol. The highest BCUT2D eigenvalue weighted by Crippen LogP contribution is 2.21. The molecule has 1 aromatic rings. The van der Waals surface area contributed by atoms with Gasteiger partial charge in [-0.05, 0) is 24.6 Å². The van der Waals surface area contributed by atoms with E-state index in [1.807, 2.05) is 6.92 Å². The molecule has 1 aromatic carbocycles. The molecule has 0 spiro atoms. The fourth-order valence-corrected chi connectivity index (χ4v) is 1.61. The first-order valence-electron chi connectivity index (χ1n) is 5.98. The molecule has 0 saturated heterocycles. The molecule has 0 fully saturated rings. The maximum atomic E-state index is 12.0. The van der Waals surface area contributed by atoms with Crippen LogP contribution in [0.3, 0.4) is 0 Å². The van der Waals surface area contributed by atoms with Gasteiger partial charge in [0.2, 0.25) is 0 Å². The summed E-state index contributed by atoms with van der Waals surface area (Å²) in [7, 11) is 3.40. The van der Waals surface area contributed by atoms with Crippen LogP contribution >= 0.6 is 0 Å². The van der Waals surface area contributed by atoms with Gasteiger partial charge in [0, 0.05) is 31.5 Å². The Balaban J connectivity index is 3.07. The number of carbonyl (C=O) groups is 1. The summed E-state index contributed by atoms with van der Waals surface area (Å²) in [5.41, 5.74) is 7.54. The maximum absolute atomic E-state index is 12.0. The zero-order valence-corrected chi connectivity index (χ0v) is 11.1. The predicted octanol–water partition coefficient (Wildman–Crippen LogP) is 1.15. The molecule has 0 aromatic heterocycles. The second kappa shape index (κ2) is 6.26. The van der Waals surface area contributed by atoms with E-state index in [1.165, 1.54) is 4.90 Å². The van der Waals surface area contributed by atoms with Crippen LogP contribution in [-0.2, 0) is 0 Å². The van der Waals surface area contributed by atoms with Crippen LogP contribution in [0, 0.1) is 0 Å². The van der Waals surface area contributed by atoms with Gasteiger partial charge < -0.3 is 21.1 Å². The molecular formula is C13H21N3O2. The Labute approximate surface area is 108 Å². The van der Waals surface area contributed by atoms with Crippen molar-refractivity contribution >= 4 is 17.3 Å². The molecule has 1 atom stereocenters. The molecule has 100 valence electrons. The van der Waals surface area contributed by atoms with Crippen LogP contribution in [0.4, 0.5) is 11.4 Å². The van der Waals surface area contributed by atoms with Crippen molar-refractivity contribution in [2.24, 2.45) is 0 Å². The lowest BCUT2D eigenvalue weighted by atomic mass is 10.1. The predicted molar refractivity (Wildman–Crippen MR) is 73.7 cm³/mol. The topological polar surface area (TPSA) is 78.6 Å². The molecule has 0 aliphatic rings. The highest BCUT2D eigenvalue weighted by molar-refractivity contribution is 6.00. The summed E-state index contributed by atoms with van der Waals surface area (Å²) < 4.78 is 0. The van der Waals surface area contributed by atoms with Gasteiger partial charge in [-0.1, -0.05) is 6.92 Å². The van der Waals surface area contributed by atoms with E-state index in [2.05, 4.69) is 5.32 Å². The van der Waals surface area contributed by atoms with Crippen molar-refractivity contribution in [2.75, 3.05) is 31.8 Å². The van der Waals surface area contributed by atoms with Crippen molar-refractivity contribution in [3.63, 3.8) is 0 Å². The Kier molecular flexibility index (Phi) is 4.97. The molecule has 5 heteroatoms. The molecule has 0 bridgehead atoms. The number of hydrogen-bond acceptors (Lipinski definition) is 4. The average Bonchev–Trinajstić information content (AvgIpc) is 2.35. The summed E-state index contributed by atoms with van der Waals surface area (Å²) in [6.07, 6.45) is 0.765. The normalized spacial score (nSPS) is 12.0. The summed E-state index contributed by atoms with van der Waals surface area (Å²) in [5.74, 6) is -0.0923. The lowest BCUT2D eigenvalue weighted by Gasteiger charge is -2.20. The molecular weight excluding hydrogens is 230 g/mol. The number of hydrogen-bond donors (Lipinski definition) is 3. The smallest absolute Gasteiger partial charge is 0.255 e. The van der Waals surface area contributed by atoms with Crippen LogP contribution < -0.4 is 11.1 Å². The maximum Gasteiger partial charge on any atom is 0.255 e. The number of aliphatic hydroxyl groups excluding tert-OH is 1. The summed E-state index contributed by atoms with van der Waals surface area (Å²) in [4.78, 5) is 13.5. The van der Waals surface area contributed by atoms with E-state index in [4.69, 9.17) is 5.73 Å². The Hall–Kier alpha value is -1.75. The van der Waals surface area contributed by atoms with E-state index in [9.17, 15) is 9.90 Å². The van der Waals surface area contributed by atoms with Crippen molar-refractivity contribution < 1.29 is 9.90 Å². The van der Waals surface area contributed by atoms with Crippen molar-refractivity contribution in [3.8, 4) is 0 Å². The quantitative estimate of drug-likeness (QED) is 0.686. The lowest BCUT2D eigenvalue weighted by Crippen LogP contribution is -2.27. The number of amides is 1. The Morgan fingerprint density at radius 3 is 2.67 bits per heavy atom. The molecule has 0 saturated carbocycles. The third-order valence-electron chi connectivity index (χ3n) is 2.75. The molecule has 4 N–H and O–H groups in total. The number of anilines is 2.